The standard InChI is InChI=1S/C15H21BrN2O3/c16-13-5-4-12(14(8-13)18(20)21)9-17-10-15(11-19)6-2-1-3-7-15/h4-5,8,17,19H,1-3,6-7,9-11H2. The Balaban J connectivity index is 1.98. The summed E-state index contributed by atoms with van der Waals surface area (Å²) >= 11 is 3.26. The van der Waals surface area contributed by atoms with Gasteiger partial charge in [-0.1, -0.05) is 35.2 Å². The number of halogens is 1. The van der Waals surface area contributed by atoms with E-state index in [0.717, 1.165) is 25.7 Å². The molecule has 1 aromatic carbocycles. The highest BCUT2D eigenvalue weighted by molar-refractivity contribution is 9.10. The summed E-state index contributed by atoms with van der Waals surface area (Å²) in [5, 5.41) is 24.0. The van der Waals surface area contributed by atoms with Crippen molar-refractivity contribution in [3.63, 3.8) is 0 Å². The highest BCUT2D eigenvalue weighted by atomic mass is 79.9. The molecule has 5 nitrogen and oxygen atoms in total. The second-order valence-corrected chi connectivity index (χ2v) is 6.77. The SMILES string of the molecule is O=[N+]([O-])c1cc(Br)ccc1CNCC1(CO)CCCCC1. The normalized spacial score (nSPS) is 17.6. The van der Waals surface area contributed by atoms with Gasteiger partial charge in [0.1, 0.15) is 0 Å². The van der Waals surface area contributed by atoms with E-state index in [9.17, 15) is 15.2 Å². The van der Waals surface area contributed by atoms with Crippen molar-refractivity contribution < 1.29 is 10.0 Å². The Morgan fingerprint density at radius 3 is 2.67 bits per heavy atom. The maximum atomic E-state index is 11.1. The topological polar surface area (TPSA) is 75.4 Å². The average molecular weight is 357 g/mol. The minimum atomic E-state index is -0.357. The fraction of sp³-hybridized carbons (Fsp3) is 0.600. The minimum Gasteiger partial charge on any atom is -0.396 e. The molecule has 2 rings (SSSR count). The molecule has 21 heavy (non-hydrogen) atoms. The monoisotopic (exact) mass is 356 g/mol. The Morgan fingerprint density at radius 2 is 2.05 bits per heavy atom. The maximum Gasteiger partial charge on any atom is 0.275 e. The lowest BCUT2D eigenvalue weighted by atomic mass is 9.74. The van der Waals surface area contributed by atoms with Crippen LogP contribution in [0, 0.1) is 15.5 Å². The van der Waals surface area contributed by atoms with Crippen LogP contribution in [0.4, 0.5) is 5.69 Å². The predicted molar refractivity (Wildman–Crippen MR) is 85.1 cm³/mol. The van der Waals surface area contributed by atoms with Gasteiger partial charge >= 0.3 is 0 Å². The van der Waals surface area contributed by atoms with Crippen molar-refractivity contribution in [1.82, 2.24) is 5.32 Å². The van der Waals surface area contributed by atoms with Gasteiger partial charge in [0.25, 0.3) is 5.69 Å². The van der Waals surface area contributed by atoms with Crippen molar-refractivity contribution in [3.05, 3.63) is 38.3 Å². The van der Waals surface area contributed by atoms with Crippen LogP contribution in [0.5, 0.6) is 0 Å². The molecule has 0 saturated heterocycles. The minimum absolute atomic E-state index is 0.0532. The van der Waals surface area contributed by atoms with Gasteiger partial charge < -0.3 is 10.4 Å². The van der Waals surface area contributed by atoms with Gasteiger partial charge in [-0.25, -0.2) is 0 Å². The Labute approximate surface area is 133 Å². The first-order chi connectivity index (χ1) is 10.1. The van der Waals surface area contributed by atoms with E-state index in [4.69, 9.17) is 0 Å². The van der Waals surface area contributed by atoms with Crippen molar-refractivity contribution in [2.45, 2.75) is 38.6 Å². The number of hydrogen-bond acceptors (Lipinski definition) is 4. The fourth-order valence-electron chi connectivity index (χ4n) is 3.01. The van der Waals surface area contributed by atoms with Crippen LogP contribution >= 0.6 is 15.9 Å². The van der Waals surface area contributed by atoms with Gasteiger partial charge in [-0.3, -0.25) is 10.1 Å². The molecule has 0 bridgehead atoms. The highest BCUT2D eigenvalue weighted by Crippen LogP contribution is 2.35. The lowest BCUT2D eigenvalue weighted by Gasteiger charge is -2.35. The van der Waals surface area contributed by atoms with E-state index >= 15 is 0 Å². The third kappa shape index (κ3) is 4.25. The van der Waals surface area contributed by atoms with Gasteiger partial charge in [0.2, 0.25) is 0 Å². The smallest absolute Gasteiger partial charge is 0.275 e. The van der Waals surface area contributed by atoms with E-state index in [1.54, 1.807) is 6.07 Å². The van der Waals surface area contributed by atoms with Crippen LogP contribution in [0.25, 0.3) is 0 Å². The molecule has 0 radical (unpaired) electrons. The molecule has 1 saturated carbocycles. The first-order valence-electron chi connectivity index (χ1n) is 7.31. The summed E-state index contributed by atoms with van der Waals surface area (Å²) < 4.78 is 0.706. The number of rotatable bonds is 6. The van der Waals surface area contributed by atoms with Crippen molar-refractivity contribution in [2.75, 3.05) is 13.2 Å². The van der Waals surface area contributed by atoms with E-state index < -0.39 is 0 Å². The van der Waals surface area contributed by atoms with Crippen molar-refractivity contribution in [3.8, 4) is 0 Å². The highest BCUT2D eigenvalue weighted by Gasteiger charge is 2.31. The van der Waals surface area contributed by atoms with E-state index in [1.807, 2.05) is 6.07 Å². The predicted octanol–water partition coefficient (Wildman–Crippen LogP) is 3.39. The first kappa shape index (κ1) is 16.4. The third-order valence-corrected chi connectivity index (χ3v) is 4.80. The van der Waals surface area contributed by atoms with Gasteiger partial charge in [-0.15, -0.1) is 0 Å². The van der Waals surface area contributed by atoms with Crippen LogP contribution in [-0.2, 0) is 6.54 Å². The number of hydrogen-bond donors (Lipinski definition) is 2. The Hall–Kier alpha value is -0.980. The molecule has 0 amide bonds. The van der Waals surface area contributed by atoms with E-state index in [2.05, 4.69) is 21.2 Å². The molecule has 0 aliphatic heterocycles. The number of benzene rings is 1. The van der Waals surface area contributed by atoms with Crippen LogP contribution in [0.3, 0.4) is 0 Å². The van der Waals surface area contributed by atoms with Gasteiger partial charge in [-0.05, 0) is 25.0 Å². The second-order valence-electron chi connectivity index (χ2n) is 5.85. The molecule has 1 aliphatic rings. The van der Waals surface area contributed by atoms with E-state index in [-0.39, 0.29) is 22.6 Å². The first-order valence-corrected chi connectivity index (χ1v) is 8.10. The Morgan fingerprint density at radius 1 is 1.33 bits per heavy atom. The molecular formula is C15H21BrN2O3. The number of nitrogens with zero attached hydrogens (tertiary/aromatic N) is 1. The molecule has 1 aromatic rings. The number of nitro benzene ring substituents is 1. The fourth-order valence-corrected chi connectivity index (χ4v) is 3.36. The maximum absolute atomic E-state index is 11.1. The van der Waals surface area contributed by atoms with Crippen molar-refractivity contribution in [2.24, 2.45) is 5.41 Å². The third-order valence-electron chi connectivity index (χ3n) is 4.31. The Kier molecular flexibility index (Phi) is 5.72. The van der Waals surface area contributed by atoms with E-state index in [1.165, 1.54) is 12.5 Å². The van der Waals surface area contributed by atoms with Crippen LogP contribution in [-0.4, -0.2) is 23.2 Å². The molecule has 0 atom stereocenters. The van der Waals surface area contributed by atoms with E-state index in [0.29, 0.717) is 23.1 Å². The van der Waals surface area contributed by atoms with Crippen molar-refractivity contribution in [1.29, 1.82) is 0 Å². The van der Waals surface area contributed by atoms with Gasteiger partial charge in [0.15, 0.2) is 0 Å². The molecule has 0 heterocycles. The van der Waals surface area contributed by atoms with Crippen LogP contribution in [0.2, 0.25) is 0 Å². The number of aliphatic hydroxyl groups is 1. The number of nitro groups is 1. The summed E-state index contributed by atoms with van der Waals surface area (Å²) in [5.41, 5.74) is 0.744. The van der Waals surface area contributed by atoms with Gasteiger partial charge in [-0.2, -0.15) is 0 Å². The average Bonchev–Trinajstić information content (AvgIpc) is 2.49. The lowest BCUT2D eigenvalue weighted by Crippen LogP contribution is -2.38. The second kappa shape index (κ2) is 7.33. The zero-order chi connectivity index (χ0) is 15.3. The van der Waals surface area contributed by atoms with Crippen molar-refractivity contribution >= 4 is 21.6 Å². The van der Waals surface area contributed by atoms with Crippen LogP contribution < -0.4 is 5.32 Å². The summed E-state index contributed by atoms with van der Waals surface area (Å²) in [6, 6.07) is 5.10. The summed E-state index contributed by atoms with van der Waals surface area (Å²) in [5.74, 6) is 0. The molecule has 1 fully saturated rings. The molecule has 0 spiro atoms. The number of aliphatic hydroxyl groups excluding tert-OH is 1. The summed E-state index contributed by atoms with van der Waals surface area (Å²) in [6.45, 7) is 1.34. The summed E-state index contributed by atoms with van der Waals surface area (Å²) in [4.78, 5) is 10.7. The molecule has 1 aliphatic carbocycles. The molecular weight excluding hydrogens is 336 g/mol. The zero-order valence-corrected chi connectivity index (χ0v) is 13.6. The lowest BCUT2D eigenvalue weighted by molar-refractivity contribution is -0.385. The summed E-state index contributed by atoms with van der Waals surface area (Å²) in [7, 11) is 0. The van der Waals surface area contributed by atoms with Gasteiger partial charge in [0, 0.05) is 41.2 Å². The quantitative estimate of drug-likeness (QED) is 0.605. The molecule has 116 valence electrons. The largest absolute Gasteiger partial charge is 0.396 e. The summed E-state index contributed by atoms with van der Waals surface area (Å²) in [6.07, 6.45) is 5.60. The van der Waals surface area contributed by atoms with Gasteiger partial charge in [0.05, 0.1) is 4.92 Å². The van der Waals surface area contributed by atoms with Crippen LogP contribution in [0.1, 0.15) is 37.7 Å². The Bertz CT molecular complexity index is 502. The molecule has 6 heteroatoms. The molecule has 0 aromatic heterocycles. The molecule has 2 N–H and O–H groups in total. The zero-order valence-electron chi connectivity index (χ0n) is 12.0. The molecule has 0 unspecified atom stereocenters. The number of nitrogens with one attached hydrogen (secondary N) is 1. The van der Waals surface area contributed by atoms with Crippen LogP contribution in [0.15, 0.2) is 22.7 Å².